The molecule has 2 aromatic carbocycles. The fourth-order valence-corrected chi connectivity index (χ4v) is 3.87. The second-order valence-corrected chi connectivity index (χ2v) is 8.08. The Hall–Kier alpha value is -2.35. The molecular formula is C19H20ClN3O3S. The molecule has 0 aliphatic heterocycles. The maximum Gasteiger partial charge on any atom is 0.240 e. The fraction of sp³-hybridized carbons (Fsp3) is 0.211. The molecule has 8 heteroatoms. The van der Waals surface area contributed by atoms with Crippen LogP contribution in [0.3, 0.4) is 0 Å². The van der Waals surface area contributed by atoms with Gasteiger partial charge in [0.1, 0.15) is 5.75 Å². The minimum atomic E-state index is -3.53. The Morgan fingerprint density at radius 1 is 1.07 bits per heavy atom. The van der Waals surface area contributed by atoms with E-state index in [1.165, 1.54) is 19.2 Å². The lowest BCUT2D eigenvalue weighted by Gasteiger charge is -2.10. The van der Waals surface area contributed by atoms with E-state index < -0.39 is 10.0 Å². The summed E-state index contributed by atoms with van der Waals surface area (Å²) < 4.78 is 32.2. The van der Waals surface area contributed by atoms with E-state index in [1.807, 2.05) is 24.3 Å². The molecule has 0 saturated carbocycles. The van der Waals surface area contributed by atoms with Crippen molar-refractivity contribution in [1.82, 2.24) is 9.71 Å². The minimum absolute atomic E-state index is 0.216. The molecule has 0 radical (unpaired) electrons. The number of fused-ring (bicyclic) bond motifs is 1. The van der Waals surface area contributed by atoms with Gasteiger partial charge in [0.15, 0.2) is 0 Å². The summed E-state index contributed by atoms with van der Waals surface area (Å²) in [4.78, 5) is 4.52. The third-order valence-corrected chi connectivity index (χ3v) is 5.75. The molecule has 0 aliphatic rings. The number of methoxy groups -OCH3 is 1. The number of hydrogen-bond acceptors (Lipinski definition) is 5. The van der Waals surface area contributed by atoms with E-state index in [0.29, 0.717) is 30.3 Å². The molecule has 3 aromatic rings. The SMILES string of the molecule is COc1ccc(S(=O)(=O)NCCCNc2ccnc3cc(Cl)ccc23)cc1. The van der Waals surface area contributed by atoms with Gasteiger partial charge >= 0.3 is 0 Å². The van der Waals surface area contributed by atoms with Gasteiger partial charge in [0.05, 0.1) is 17.5 Å². The first kappa shape index (κ1) is 19.4. The molecule has 0 atom stereocenters. The summed E-state index contributed by atoms with van der Waals surface area (Å²) in [6.07, 6.45) is 2.35. The van der Waals surface area contributed by atoms with Crippen LogP contribution in [-0.2, 0) is 10.0 Å². The van der Waals surface area contributed by atoms with Crippen molar-refractivity contribution >= 4 is 38.2 Å². The first-order valence-electron chi connectivity index (χ1n) is 8.41. The summed E-state index contributed by atoms with van der Waals surface area (Å²) in [5, 5.41) is 4.93. The molecule has 0 aliphatic carbocycles. The number of nitrogens with one attached hydrogen (secondary N) is 2. The van der Waals surface area contributed by atoms with E-state index in [4.69, 9.17) is 16.3 Å². The summed E-state index contributed by atoms with van der Waals surface area (Å²) >= 11 is 5.99. The van der Waals surface area contributed by atoms with Crippen LogP contribution in [0.5, 0.6) is 5.75 Å². The molecule has 27 heavy (non-hydrogen) atoms. The predicted molar refractivity (Wildman–Crippen MR) is 108 cm³/mol. The summed E-state index contributed by atoms with van der Waals surface area (Å²) in [5.74, 6) is 0.615. The quantitative estimate of drug-likeness (QED) is 0.559. The third kappa shape index (κ3) is 4.88. The Morgan fingerprint density at radius 2 is 1.85 bits per heavy atom. The molecule has 0 fully saturated rings. The summed E-state index contributed by atoms with van der Waals surface area (Å²) in [5.41, 5.74) is 1.75. The number of hydrogen-bond donors (Lipinski definition) is 2. The van der Waals surface area contributed by atoms with Gasteiger partial charge in [-0.05, 0) is 55.0 Å². The standard InChI is InChI=1S/C19H20ClN3O3S/c1-26-15-4-6-16(7-5-15)27(24,25)23-11-2-10-21-18-9-12-22-19-13-14(20)3-8-17(18)19/h3-9,12-13,23H,2,10-11H2,1H3,(H,21,22). The lowest BCUT2D eigenvalue weighted by Crippen LogP contribution is -2.26. The molecule has 0 spiro atoms. The van der Waals surface area contributed by atoms with Crippen LogP contribution in [0.4, 0.5) is 5.69 Å². The highest BCUT2D eigenvalue weighted by molar-refractivity contribution is 7.89. The van der Waals surface area contributed by atoms with E-state index in [0.717, 1.165) is 16.6 Å². The Kier molecular flexibility index (Phi) is 6.15. The van der Waals surface area contributed by atoms with Gasteiger partial charge in [-0.1, -0.05) is 11.6 Å². The summed E-state index contributed by atoms with van der Waals surface area (Å²) in [6.45, 7) is 0.947. The van der Waals surface area contributed by atoms with Gasteiger partial charge in [0.2, 0.25) is 10.0 Å². The molecule has 142 valence electrons. The Morgan fingerprint density at radius 3 is 2.59 bits per heavy atom. The summed E-state index contributed by atoms with van der Waals surface area (Å²) in [6, 6.07) is 13.7. The van der Waals surface area contributed by atoms with Crippen LogP contribution in [0.15, 0.2) is 59.6 Å². The third-order valence-electron chi connectivity index (χ3n) is 4.04. The fourth-order valence-electron chi connectivity index (χ4n) is 2.63. The molecule has 3 rings (SSSR count). The number of ether oxygens (including phenoxy) is 1. The number of rotatable bonds is 8. The summed E-state index contributed by atoms with van der Waals surface area (Å²) in [7, 11) is -1.99. The van der Waals surface area contributed by atoms with E-state index in [9.17, 15) is 8.42 Å². The number of halogens is 1. The van der Waals surface area contributed by atoms with Crippen molar-refractivity contribution < 1.29 is 13.2 Å². The molecular weight excluding hydrogens is 386 g/mol. The van der Waals surface area contributed by atoms with Crippen molar-refractivity contribution in [3.63, 3.8) is 0 Å². The topological polar surface area (TPSA) is 80.3 Å². The molecule has 6 nitrogen and oxygen atoms in total. The van der Waals surface area contributed by atoms with Gasteiger partial charge in [0, 0.05) is 35.4 Å². The lowest BCUT2D eigenvalue weighted by atomic mass is 10.2. The normalized spacial score (nSPS) is 11.5. The molecule has 2 N–H and O–H groups in total. The van der Waals surface area contributed by atoms with Crippen LogP contribution in [0, 0.1) is 0 Å². The Bertz CT molecular complexity index is 1020. The van der Waals surface area contributed by atoms with Gasteiger partial charge in [-0.2, -0.15) is 0 Å². The minimum Gasteiger partial charge on any atom is -0.497 e. The first-order valence-corrected chi connectivity index (χ1v) is 10.3. The highest BCUT2D eigenvalue weighted by atomic mass is 35.5. The number of anilines is 1. The maximum atomic E-state index is 12.3. The van der Waals surface area contributed by atoms with Gasteiger partial charge in [-0.15, -0.1) is 0 Å². The number of pyridine rings is 1. The smallest absolute Gasteiger partial charge is 0.240 e. The van der Waals surface area contributed by atoms with Crippen LogP contribution in [0.2, 0.25) is 5.02 Å². The van der Waals surface area contributed by atoms with E-state index >= 15 is 0 Å². The van der Waals surface area contributed by atoms with Crippen LogP contribution in [-0.4, -0.2) is 33.6 Å². The van der Waals surface area contributed by atoms with Gasteiger partial charge < -0.3 is 10.1 Å². The number of aromatic nitrogens is 1. The highest BCUT2D eigenvalue weighted by Crippen LogP contribution is 2.24. The van der Waals surface area contributed by atoms with Gasteiger partial charge in [-0.25, -0.2) is 13.1 Å². The van der Waals surface area contributed by atoms with Crippen molar-refractivity contribution in [2.75, 3.05) is 25.5 Å². The van der Waals surface area contributed by atoms with E-state index in [-0.39, 0.29) is 4.90 Å². The zero-order chi connectivity index (χ0) is 19.3. The number of benzene rings is 2. The van der Waals surface area contributed by atoms with Crippen LogP contribution in [0.25, 0.3) is 10.9 Å². The molecule has 0 unspecified atom stereocenters. The van der Waals surface area contributed by atoms with Crippen molar-refractivity contribution in [3.8, 4) is 5.75 Å². The predicted octanol–water partition coefficient (Wildman–Crippen LogP) is 3.68. The second kappa shape index (κ2) is 8.56. The van der Waals surface area contributed by atoms with Crippen molar-refractivity contribution in [2.24, 2.45) is 0 Å². The van der Waals surface area contributed by atoms with Crippen molar-refractivity contribution in [2.45, 2.75) is 11.3 Å². The number of nitrogens with zero attached hydrogens (tertiary/aromatic N) is 1. The van der Waals surface area contributed by atoms with Gasteiger partial charge in [-0.3, -0.25) is 4.98 Å². The lowest BCUT2D eigenvalue weighted by molar-refractivity contribution is 0.414. The van der Waals surface area contributed by atoms with Crippen LogP contribution in [0.1, 0.15) is 6.42 Å². The highest BCUT2D eigenvalue weighted by Gasteiger charge is 2.13. The number of sulfonamides is 1. The Balaban J connectivity index is 1.53. The Labute approximate surface area is 163 Å². The average Bonchev–Trinajstić information content (AvgIpc) is 2.67. The zero-order valence-electron chi connectivity index (χ0n) is 14.8. The monoisotopic (exact) mass is 405 g/mol. The molecule has 0 bridgehead atoms. The van der Waals surface area contributed by atoms with Crippen LogP contribution >= 0.6 is 11.6 Å². The second-order valence-electron chi connectivity index (χ2n) is 5.87. The largest absolute Gasteiger partial charge is 0.497 e. The van der Waals surface area contributed by atoms with E-state index in [1.54, 1.807) is 18.3 Å². The maximum absolute atomic E-state index is 12.3. The molecule has 0 saturated heterocycles. The van der Waals surface area contributed by atoms with Gasteiger partial charge in [0.25, 0.3) is 0 Å². The van der Waals surface area contributed by atoms with Crippen LogP contribution < -0.4 is 14.8 Å². The molecule has 1 aromatic heterocycles. The van der Waals surface area contributed by atoms with E-state index in [2.05, 4.69) is 15.0 Å². The zero-order valence-corrected chi connectivity index (χ0v) is 16.3. The molecule has 0 amide bonds. The van der Waals surface area contributed by atoms with Crippen molar-refractivity contribution in [3.05, 3.63) is 59.8 Å². The molecule has 1 heterocycles. The average molecular weight is 406 g/mol. The first-order chi connectivity index (χ1) is 13.0. The van der Waals surface area contributed by atoms with Crippen molar-refractivity contribution in [1.29, 1.82) is 0 Å².